The van der Waals surface area contributed by atoms with Crippen molar-refractivity contribution in [3.05, 3.63) is 29.8 Å². The van der Waals surface area contributed by atoms with Crippen LogP contribution in [0.5, 0.6) is 0 Å². The molecule has 0 aromatic heterocycles. The van der Waals surface area contributed by atoms with Gasteiger partial charge in [0.25, 0.3) is 0 Å². The van der Waals surface area contributed by atoms with E-state index in [-0.39, 0.29) is 12.2 Å². The Balaban J connectivity index is 2.72. The number of carbonyl (C=O) groups excluding carboxylic acids is 2. The van der Waals surface area contributed by atoms with Crippen molar-refractivity contribution in [1.82, 2.24) is 0 Å². The van der Waals surface area contributed by atoms with Gasteiger partial charge in [0.05, 0.1) is 0 Å². The average molecular weight is 264 g/mol. The van der Waals surface area contributed by atoms with Crippen molar-refractivity contribution < 1.29 is 14.3 Å². The second-order valence-electron chi connectivity index (χ2n) is 5.17. The van der Waals surface area contributed by atoms with Gasteiger partial charge in [-0.25, -0.2) is 4.79 Å². The van der Waals surface area contributed by atoms with E-state index in [9.17, 15) is 9.59 Å². The number of rotatable bonds is 4. The molecule has 0 aliphatic rings. The van der Waals surface area contributed by atoms with Gasteiger partial charge in [-0.1, -0.05) is 12.1 Å². The lowest BCUT2D eigenvalue weighted by atomic mass is 10.1. The molecule has 0 aliphatic heterocycles. The van der Waals surface area contributed by atoms with Gasteiger partial charge in [0.1, 0.15) is 5.60 Å². The Labute approximate surface area is 113 Å². The van der Waals surface area contributed by atoms with E-state index in [2.05, 4.69) is 5.32 Å². The van der Waals surface area contributed by atoms with E-state index >= 15 is 0 Å². The standard InChI is InChI=1S/C14H20N2O3/c1-14(2,3)19-13(18)16-11-6-4-5-10(9-11)12(17)7-8-15/h4-6,9H,7-8,15H2,1-3H3,(H,16,18). The maximum atomic E-state index is 11.7. The first-order valence-electron chi connectivity index (χ1n) is 6.15. The number of nitrogens with one attached hydrogen (secondary N) is 1. The van der Waals surface area contributed by atoms with Crippen molar-refractivity contribution in [1.29, 1.82) is 0 Å². The van der Waals surface area contributed by atoms with Crippen molar-refractivity contribution >= 4 is 17.6 Å². The fraction of sp³-hybridized carbons (Fsp3) is 0.429. The third kappa shape index (κ3) is 5.52. The summed E-state index contributed by atoms with van der Waals surface area (Å²) in [7, 11) is 0. The Morgan fingerprint density at radius 3 is 2.58 bits per heavy atom. The third-order valence-electron chi connectivity index (χ3n) is 2.20. The number of hydrogen-bond donors (Lipinski definition) is 2. The minimum Gasteiger partial charge on any atom is -0.444 e. The molecule has 0 aliphatic carbocycles. The number of Topliss-reactive ketones (excluding diaryl/α,β-unsaturated/α-hetero) is 1. The summed E-state index contributed by atoms with van der Waals surface area (Å²) in [5, 5.41) is 2.59. The molecule has 104 valence electrons. The lowest BCUT2D eigenvalue weighted by Gasteiger charge is -2.19. The van der Waals surface area contributed by atoms with Crippen molar-refractivity contribution in [2.75, 3.05) is 11.9 Å². The van der Waals surface area contributed by atoms with Crippen LogP contribution in [-0.4, -0.2) is 24.0 Å². The number of hydrogen-bond acceptors (Lipinski definition) is 4. The fourth-order valence-corrected chi connectivity index (χ4v) is 1.47. The lowest BCUT2D eigenvalue weighted by molar-refractivity contribution is 0.0635. The molecule has 0 unspecified atom stereocenters. The molecule has 5 heteroatoms. The molecule has 0 bridgehead atoms. The minimum atomic E-state index is -0.558. The van der Waals surface area contributed by atoms with E-state index in [1.165, 1.54) is 0 Å². The van der Waals surface area contributed by atoms with Crippen LogP contribution in [0.1, 0.15) is 37.6 Å². The molecule has 0 spiro atoms. The van der Waals surface area contributed by atoms with Crippen LogP contribution in [0.4, 0.5) is 10.5 Å². The summed E-state index contributed by atoms with van der Waals surface area (Å²) in [5.74, 6) is -0.0460. The zero-order chi connectivity index (χ0) is 14.5. The lowest BCUT2D eigenvalue weighted by Crippen LogP contribution is -2.27. The summed E-state index contributed by atoms with van der Waals surface area (Å²) >= 11 is 0. The molecule has 0 saturated carbocycles. The summed E-state index contributed by atoms with van der Waals surface area (Å²) in [6.45, 7) is 5.66. The van der Waals surface area contributed by atoms with E-state index in [0.717, 1.165) is 0 Å². The summed E-state index contributed by atoms with van der Waals surface area (Å²) in [4.78, 5) is 23.3. The summed E-state index contributed by atoms with van der Waals surface area (Å²) < 4.78 is 5.13. The maximum Gasteiger partial charge on any atom is 0.412 e. The zero-order valence-electron chi connectivity index (χ0n) is 11.5. The first-order chi connectivity index (χ1) is 8.81. The van der Waals surface area contributed by atoms with Crippen molar-refractivity contribution in [3.8, 4) is 0 Å². The van der Waals surface area contributed by atoms with E-state index in [0.29, 0.717) is 17.8 Å². The van der Waals surface area contributed by atoms with Gasteiger partial charge in [0.2, 0.25) is 0 Å². The van der Waals surface area contributed by atoms with E-state index in [1.807, 2.05) is 0 Å². The van der Waals surface area contributed by atoms with Crippen molar-refractivity contribution in [2.24, 2.45) is 5.73 Å². The van der Waals surface area contributed by atoms with Gasteiger partial charge in [-0.15, -0.1) is 0 Å². The highest BCUT2D eigenvalue weighted by Gasteiger charge is 2.16. The van der Waals surface area contributed by atoms with Crippen LogP contribution >= 0.6 is 0 Å². The molecule has 0 heterocycles. The predicted octanol–water partition coefficient (Wildman–Crippen LogP) is 2.57. The molecule has 5 nitrogen and oxygen atoms in total. The largest absolute Gasteiger partial charge is 0.444 e. The minimum absolute atomic E-state index is 0.0460. The number of ketones is 1. The predicted molar refractivity (Wildman–Crippen MR) is 74.3 cm³/mol. The maximum absolute atomic E-state index is 11.7. The zero-order valence-corrected chi connectivity index (χ0v) is 11.5. The van der Waals surface area contributed by atoms with Crippen LogP contribution in [0.3, 0.4) is 0 Å². The summed E-state index contributed by atoms with van der Waals surface area (Å²) in [6.07, 6.45) is -0.258. The Morgan fingerprint density at radius 2 is 2.00 bits per heavy atom. The fourth-order valence-electron chi connectivity index (χ4n) is 1.47. The monoisotopic (exact) mass is 264 g/mol. The quantitative estimate of drug-likeness (QED) is 0.819. The van der Waals surface area contributed by atoms with Crippen LogP contribution in [0.2, 0.25) is 0 Å². The highest BCUT2D eigenvalue weighted by molar-refractivity contribution is 5.97. The SMILES string of the molecule is CC(C)(C)OC(=O)Nc1cccc(C(=O)CCN)c1. The van der Waals surface area contributed by atoms with Crippen LogP contribution in [-0.2, 0) is 4.74 Å². The molecule has 1 aromatic carbocycles. The molecule has 1 amide bonds. The van der Waals surface area contributed by atoms with Crippen LogP contribution in [0.25, 0.3) is 0 Å². The molecule has 0 radical (unpaired) electrons. The number of benzene rings is 1. The molecule has 19 heavy (non-hydrogen) atoms. The van der Waals surface area contributed by atoms with Gasteiger partial charge >= 0.3 is 6.09 Å². The van der Waals surface area contributed by atoms with Crippen LogP contribution in [0, 0.1) is 0 Å². The first kappa shape index (κ1) is 15.2. The van der Waals surface area contributed by atoms with E-state index in [4.69, 9.17) is 10.5 Å². The molecule has 3 N–H and O–H groups in total. The first-order valence-corrected chi connectivity index (χ1v) is 6.15. The van der Waals surface area contributed by atoms with Gasteiger partial charge in [0, 0.05) is 17.7 Å². The Kier molecular flexibility index (Phi) is 5.06. The number of carbonyl (C=O) groups is 2. The molecule has 1 aromatic rings. The summed E-state index contributed by atoms with van der Waals surface area (Å²) in [6, 6.07) is 6.71. The molecule has 1 rings (SSSR count). The van der Waals surface area contributed by atoms with Gasteiger partial charge in [-0.05, 0) is 39.4 Å². The second-order valence-corrected chi connectivity index (χ2v) is 5.17. The Bertz CT molecular complexity index is 464. The van der Waals surface area contributed by atoms with Gasteiger partial charge in [-0.2, -0.15) is 0 Å². The molecule has 0 fully saturated rings. The second kappa shape index (κ2) is 6.33. The average Bonchev–Trinajstić information content (AvgIpc) is 2.27. The highest BCUT2D eigenvalue weighted by Crippen LogP contribution is 2.14. The van der Waals surface area contributed by atoms with E-state index in [1.54, 1.807) is 45.0 Å². The van der Waals surface area contributed by atoms with Crippen molar-refractivity contribution in [3.63, 3.8) is 0 Å². The molecular formula is C14H20N2O3. The number of ether oxygens (including phenoxy) is 1. The molecule has 0 saturated heterocycles. The number of nitrogens with two attached hydrogens (primary N) is 1. The van der Waals surface area contributed by atoms with Crippen molar-refractivity contribution in [2.45, 2.75) is 32.8 Å². The van der Waals surface area contributed by atoms with Gasteiger partial charge in [-0.3, -0.25) is 10.1 Å². The smallest absolute Gasteiger partial charge is 0.412 e. The third-order valence-corrected chi connectivity index (χ3v) is 2.20. The number of amides is 1. The molecular weight excluding hydrogens is 244 g/mol. The van der Waals surface area contributed by atoms with Crippen LogP contribution in [0.15, 0.2) is 24.3 Å². The van der Waals surface area contributed by atoms with Gasteiger partial charge < -0.3 is 10.5 Å². The Morgan fingerprint density at radius 1 is 1.32 bits per heavy atom. The highest BCUT2D eigenvalue weighted by atomic mass is 16.6. The van der Waals surface area contributed by atoms with E-state index < -0.39 is 11.7 Å². The summed E-state index contributed by atoms with van der Waals surface area (Å²) in [5.41, 5.74) is 5.84. The normalized spacial score (nSPS) is 10.9. The number of anilines is 1. The topological polar surface area (TPSA) is 81.4 Å². The van der Waals surface area contributed by atoms with Gasteiger partial charge in [0.15, 0.2) is 5.78 Å². The molecule has 0 atom stereocenters. The van der Waals surface area contributed by atoms with Crippen LogP contribution < -0.4 is 11.1 Å². The Hall–Kier alpha value is -1.88.